The number of rotatable bonds is 3. The molecular formula is C20H24N4O3. The number of hydrogen-bond acceptors (Lipinski definition) is 5. The molecule has 7 nitrogen and oxygen atoms in total. The van der Waals surface area contributed by atoms with Crippen LogP contribution in [0.3, 0.4) is 0 Å². The van der Waals surface area contributed by atoms with Crippen LogP contribution in [0.25, 0.3) is 22.5 Å². The summed E-state index contributed by atoms with van der Waals surface area (Å²) < 4.78 is 13.1. The van der Waals surface area contributed by atoms with E-state index < -0.39 is 0 Å². The minimum atomic E-state index is -0.0273. The zero-order chi connectivity index (χ0) is 19.1. The molecule has 2 atom stereocenters. The smallest absolute Gasteiger partial charge is 0.254 e. The molecule has 3 aromatic rings. The first-order valence-electron chi connectivity index (χ1n) is 9.31. The van der Waals surface area contributed by atoms with Gasteiger partial charge in [0.2, 0.25) is 0 Å². The summed E-state index contributed by atoms with van der Waals surface area (Å²) in [5, 5.41) is 5.22. The number of ether oxygens (including phenoxy) is 1. The number of carbonyl (C=O) groups excluding carboxylic acids is 1. The van der Waals surface area contributed by atoms with E-state index in [4.69, 9.17) is 14.1 Å². The van der Waals surface area contributed by atoms with Crippen molar-refractivity contribution in [3.05, 3.63) is 36.2 Å². The van der Waals surface area contributed by atoms with Gasteiger partial charge in [-0.25, -0.2) is 9.67 Å². The van der Waals surface area contributed by atoms with E-state index >= 15 is 0 Å². The van der Waals surface area contributed by atoms with Crippen LogP contribution < -0.4 is 0 Å². The topological polar surface area (TPSA) is 73.4 Å². The molecule has 0 unspecified atom stereocenters. The number of nitrogens with zero attached hydrogens (tertiary/aromatic N) is 4. The van der Waals surface area contributed by atoms with E-state index in [1.165, 1.54) is 0 Å². The Balaban J connectivity index is 1.84. The number of hydrogen-bond donors (Lipinski definition) is 0. The minimum Gasteiger partial charge on any atom is -0.463 e. The molecule has 1 saturated heterocycles. The fraction of sp³-hybridized carbons (Fsp3) is 0.450. The second kappa shape index (κ2) is 6.81. The van der Waals surface area contributed by atoms with E-state index in [-0.39, 0.29) is 24.2 Å². The van der Waals surface area contributed by atoms with Crippen molar-refractivity contribution >= 4 is 16.9 Å². The molecule has 27 heavy (non-hydrogen) atoms. The summed E-state index contributed by atoms with van der Waals surface area (Å²) in [6.07, 6.45) is 3.36. The lowest BCUT2D eigenvalue weighted by Crippen LogP contribution is -2.48. The van der Waals surface area contributed by atoms with Crippen molar-refractivity contribution in [1.29, 1.82) is 0 Å². The molecule has 1 aliphatic rings. The Morgan fingerprint density at radius 1 is 1.26 bits per heavy atom. The third-order valence-corrected chi connectivity index (χ3v) is 4.77. The Morgan fingerprint density at radius 3 is 2.63 bits per heavy atom. The van der Waals surface area contributed by atoms with E-state index in [1.807, 2.05) is 49.4 Å². The summed E-state index contributed by atoms with van der Waals surface area (Å²) in [5.74, 6) is 0.603. The standard InChI is InChI=1S/C20H24N4O3/c1-12(2)24-19-16(9-21-24)15(8-17(22-19)18-6-5-7-26-18)20(25)23-10-13(3)27-14(4)11-23/h5-9,12-14H,10-11H2,1-4H3/t13-,14-/m0/s1. The second-order valence-electron chi connectivity index (χ2n) is 7.42. The van der Waals surface area contributed by atoms with Crippen LogP contribution in [-0.2, 0) is 4.74 Å². The third kappa shape index (κ3) is 3.23. The third-order valence-electron chi connectivity index (χ3n) is 4.77. The maximum absolute atomic E-state index is 13.4. The van der Waals surface area contributed by atoms with Gasteiger partial charge >= 0.3 is 0 Å². The van der Waals surface area contributed by atoms with Crippen LogP contribution >= 0.6 is 0 Å². The van der Waals surface area contributed by atoms with Crippen molar-refractivity contribution in [3.8, 4) is 11.5 Å². The molecule has 0 radical (unpaired) electrons. The fourth-order valence-electron chi connectivity index (χ4n) is 3.64. The largest absolute Gasteiger partial charge is 0.463 e. The van der Waals surface area contributed by atoms with Crippen LogP contribution in [0.4, 0.5) is 0 Å². The van der Waals surface area contributed by atoms with Gasteiger partial charge in [-0.1, -0.05) is 0 Å². The second-order valence-corrected chi connectivity index (χ2v) is 7.42. The first kappa shape index (κ1) is 17.7. The van der Waals surface area contributed by atoms with E-state index in [0.29, 0.717) is 35.8 Å². The van der Waals surface area contributed by atoms with E-state index in [9.17, 15) is 4.79 Å². The van der Waals surface area contributed by atoms with Crippen molar-refractivity contribution in [2.45, 2.75) is 45.9 Å². The molecule has 7 heteroatoms. The molecule has 4 rings (SSSR count). The van der Waals surface area contributed by atoms with Crippen LogP contribution in [0, 0.1) is 0 Å². The van der Waals surface area contributed by atoms with Gasteiger partial charge in [0.25, 0.3) is 5.91 Å². The highest BCUT2D eigenvalue weighted by Crippen LogP contribution is 2.28. The Bertz CT molecular complexity index is 951. The molecule has 4 heterocycles. The van der Waals surface area contributed by atoms with Crippen LogP contribution in [0.5, 0.6) is 0 Å². The van der Waals surface area contributed by atoms with Gasteiger partial charge in [-0.05, 0) is 45.9 Å². The molecule has 1 amide bonds. The predicted octanol–water partition coefficient (Wildman–Crippen LogP) is 3.52. The lowest BCUT2D eigenvalue weighted by molar-refractivity contribution is -0.0585. The zero-order valence-electron chi connectivity index (χ0n) is 16.0. The summed E-state index contributed by atoms with van der Waals surface area (Å²) in [7, 11) is 0. The molecule has 1 fully saturated rings. The molecule has 0 spiro atoms. The van der Waals surface area contributed by atoms with Crippen LogP contribution in [0.15, 0.2) is 35.1 Å². The number of furan rings is 1. The Hall–Kier alpha value is -2.67. The highest BCUT2D eigenvalue weighted by atomic mass is 16.5. The van der Waals surface area contributed by atoms with Crippen LogP contribution in [0.2, 0.25) is 0 Å². The van der Waals surface area contributed by atoms with E-state index in [1.54, 1.807) is 18.5 Å². The lowest BCUT2D eigenvalue weighted by atomic mass is 10.1. The maximum Gasteiger partial charge on any atom is 0.254 e. The summed E-state index contributed by atoms with van der Waals surface area (Å²) in [6.45, 7) is 9.20. The molecule has 3 aromatic heterocycles. The van der Waals surface area contributed by atoms with Gasteiger partial charge in [-0.3, -0.25) is 4.79 Å². The van der Waals surface area contributed by atoms with Gasteiger partial charge < -0.3 is 14.1 Å². The summed E-state index contributed by atoms with van der Waals surface area (Å²) in [5.41, 5.74) is 1.92. The average Bonchev–Trinajstić information content (AvgIpc) is 3.28. The Labute approximate surface area is 157 Å². The lowest BCUT2D eigenvalue weighted by Gasteiger charge is -2.35. The molecule has 0 aromatic carbocycles. The first-order valence-corrected chi connectivity index (χ1v) is 9.31. The number of amides is 1. The summed E-state index contributed by atoms with van der Waals surface area (Å²) >= 11 is 0. The highest BCUT2D eigenvalue weighted by Gasteiger charge is 2.29. The quantitative estimate of drug-likeness (QED) is 0.707. The van der Waals surface area contributed by atoms with Gasteiger partial charge in [0.15, 0.2) is 11.4 Å². The zero-order valence-corrected chi connectivity index (χ0v) is 16.0. The number of pyridine rings is 1. The highest BCUT2D eigenvalue weighted by molar-refractivity contribution is 6.06. The molecular weight excluding hydrogens is 344 g/mol. The van der Waals surface area contributed by atoms with Gasteiger partial charge in [0.05, 0.1) is 35.6 Å². The van der Waals surface area contributed by atoms with E-state index in [0.717, 1.165) is 5.39 Å². The average molecular weight is 368 g/mol. The maximum atomic E-state index is 13.4. The summed E-state index contributed by atoms with van der Waals surface area (Å²) in [4.78, 5) is 20.0. The van der Waals surface area contributed by atoms with Crippen molar-refractivity contribution in [1.82, 2.24) is 19.7 Å². The van der Waals surface area contributed by atoms with Crippen molar-refractivity contribution in [2.24, 2.45) is 0 Å². The molecule has 142 valence electrons. The molecule has 0 aliphatic carbocycles. The van der Waals surface area contributed by atoms with Gasteiger partial charge in [-0.15, -0.1) is 0 Å². The van der Waals surface area contributed by atoms with E-state index in [2.05, 4.69) is 5.10 Å². The molecule has 0 saturated carbocycles. The van der Waals surface area contributed by atoms with Crippen molar-refractivity contribution in [3.63, 3.8) is 0 Å². The molecule has 1 aliphatic heterocycles. The molecule has 0 N–H and O–H groups in total. The predicted molar refractivity (Wildman–Crippen MR) is 102 cm³/mol. The number of carbonyl (C=O) groups is 1. The first-order chi connectivity index (χ1) is 12.9. The van der Waals surface area contributed by atoms with Crippen molar-refractivity contribution < 1.29 is 13.9 Å². The number of fused-ring (bicyclic) bond motifs is 1. The molecule has 0 bridgehead atoms. The Kier molecular flexibility index (Phi) is 4.47. The monoisotopic (exact) mass is 368 g/mol. The van der Waals surface area contributed by atoms with Gasteiger partial charge in [0, 0.05) is 19.1 Å². The summed E-state index contributed by atoms with van der Waals surface area (Å²) in [6, 6.07) is 5.60. The van der Waals surface area contributed by atoms with Gasteiger partial charge in [-0.2, -0.15) is 5.10 Å². The fourth-order valence-corrected chi connectivity index (χ4v) is 3.64. The van der Waals surface area contributed by atoms with Crippen LogP contribution in [0.1, 0.15) is 44.1 Å². The number of morpholine rings is 1. The van der Waals surface area contributed by atoms with Gasteiger partial charge in [0.1, 0.15) is 5.69 Å². The normalized spacial score (nSPS) is 20.6. The SMILES string of the molecule is CC(C)n1ncc2c(C(=O)N3C[C@H](C)O[C@@H](C)C3)cc(-c3ccco3)nc21. The number of aromatic nitrogens is 3. The van der Waals surface area contributed by atoms with Crippen molar-refractivity contribution in [2.75, 3.05) is 13.1 Å². The Morgan fingerprint density at radius 2 is 2.00 bits per heavy atom. The van der Waals surface area contributed by atoms with Crippen LogP contribution in [-0.4, -0.2) is 50.9 Å². The minimum absolute atomic E-state index is 0.0120.